The van der Waals surface area contributed by atoms with Crippen LogP contribution >= 0.6 is 11.9 Å². The molecule has 4 heteroatoms. The highest BCUT2D eigenvalue weighted by Gasteiger charge is 2.14. The number of nitrogens with two attached hydrogens (primary N) is 1. The lowest BCUT2D eigenvalue weighted by Crippen LogP contribution is -2.19. The van der Waals surface area contributed by atoms with Crippen LogP contribution in [0, 0.1) is 5.92 Å². The number of hydrogen-bond donors (Lipinski definition) is 1. The van der Waals surface area contributed by atoms with E-state index in [9.17, 15) is 4.79 Å². The Labute approximate surface area is 71.8 Å². The Hall–Kier alpha value is -0.220. The van der Waals surface area contributed by atoms with Crippen LogP contribution in [-0.4, -0.2) is 11.4 Å². The van der Waals surface area contributed by atoms with Gasteiger partial charge in [-0.25, -0.2) is 4.79 Å². The van der Waals surface area contributed by atoms with Crippen molar-refractivity contribution in [1.29, 1.82) is 0 Å². The molecule has 0 aliphatic heterocycles. The van der Waals surface area contributed by atoms with Gasteiger partial charge in [0.05, 0.1) is 0 Å². The summed E-state index contributed by atoms with van der Waals surface area (Å²) in [5.74, 6) is 0.395. The Kier molecular flexibility index (Phi) is 5.32. The SMILES string of the molecule is CCC(C)C(C)OC(=O)SN. The van der Waals surface area contributed by atoms with Crippen LogP contribution in [-0.2, 0) is 4.74 Å². The van der Waals surface area contributed by atoms with Crippen LogP contribution in [0.1, 0.15) is 27.2 Å². The molecule has 11 heavy (non-hydrogen) atoms. The van der Waals surface area contributed by atoms with Crippen LogP contribution in [0.25, 0.3) is 0 Å². The first-order valence-electron chi connectivity index (χ1n) is 3.69. The fourth-order valence-corrected chi connectivity index (χ4v) is 0.835. The van der Waals surface area contributed by atoms with Gasteiger partial charge in [-0.3, -0.25) is 5.14 Å². The van der Waals surface area contributed by atoms with Crippen molar-refractivity contribution >= 4 is 17.2 Å². The molecule has 0 heterocycles. The molecule has 2 atom stereocenters. The van der Waals surface area contributed by atoms with E-state index < -0.39 is 5.30 Å². The quantitative estimate of drug-likeness (QED) is 0.530. The van der Waals surface area contributed by atoms with Gasteiger partial charge in [0, 0.05) is 11.9 Å². The third kappa shape index (κ3) is 4.27. The van der Waals surface area contributed by atoms with Gasteiger partial charge in [0.25, 0.3) is 0 Å². The Morgan fingerprint density at radius 2 is 2.18 bits per heavy atom. The van der Waals surface area contributed by atoms with Crippen LogP contribution < -0.4 is 5.14 Å². The molecule has 0 amide bonds. The highest BCUT2D eigenvalue weighted by molar-refractivity contribution is 8.11. The minimum absolute atomic E-state index is 0.0384. The molecule has 66 valence electrons. The lowest BCUT2D eigenvalue weighted by molar-refractivity contribution is 0.0981. The normalized spacial score (nSPS) is 15.6. The summed E-state index contributed by atoms with van der Waals surface area (Å²) in [6, 6.07) is 0. The summed E-state index contributed by atoms with van der Waals surface area (Å²) in [4.78, 5) is 10.7. The van der Waals surface area contributed by atoms with Crippen molar-refractivity contribution in [2.24, 2.45) is 11.1 Å². The molecule has 0 rings (SSSR count). The zero-order valence-corrected chi connectivity index (χ0v) is 7.98. The van der Waals surface area contributed by atoms with Gasteiger partial charge in [-0.15, -0.1) is 0 Å². The van der Waals surface area contributed by atoms with Crippen molar-refractivity contribution in [2.75, 3.05) is 0 Å². The Bertz CT molecular complexity index is 130. The lowest BCUT2D eigenvalue weighted by atomic mass is 10.0. The van der Waals surface area contributed by atoms with Gasteiger partial charge in [0.1, 0.15) is 6.10 Å². The fourth-order valence-electron chi connectivity index (χ4n) is 0.628. The molecular weight excluding hydrogens is 162 g/mol. The first-order valence-corrected chi connectivity index (χ1v) is 4.57. The van der Waals surface area contributed by atoms with Crippen molar-refractivity contribution in [3.63, 3.8) is 0 Å². The molecule has 0 saturated carbocycles. The van der Waals surface area contributed by atoms with Gasteiger partial charge in [-0.2, -0.15) is 0 Å². The molecule has 0 bridgehead atoms. The van der Waals surface area contributed by atoms with Crippen molar-refractivity contribution < 1.29 is 9.53 Å². The highest BCUT2D eigenvalue weighted by Crippen LogP contribution is 2.12. The van der Waals surface area contributed by atoms with Crippen LogP contribution in [0.2, 0.25) is 0 Å². The third-order valence-corrected chi connectivity index (χ3v) is 2.11. The second-order valence-corrected chi connectivity index (χ2v) is 3.15. The Balaban J connectivity index is 3.67. The van der Waals surface area contributed by atoms with E-state index in [1.54, 1.807) is 0 Å². The smallest absolute Gasteiger partial charge is 0.382 e. The molecule has 0 spiro atoms. The average Bonchev–Trinajstić information content (AvgIpc) is 2.02. The van der Waals surface area contributed by atoms with Gasteiger partial charge in [-0.1, -0.05) is 20.3 Å². The second-order valence-electron chi connectivity index (χ2n) is 2.58. The standard InChI is InChI=1S/C7H15NO2S/c1-4-5(2)6(3)10-7(9)11-8/h5-6H,4,8H2,1-3H3. The zero-order valence-electron chi connectivity index (χ0n) is 7.16. The Morgan fingerprint density at radius 3 is 2.55 bits per heavy atom. The fraction of sp³-hybridized carbons (Fsp3) is 0.857. The average molecular weight is 177 g/mol. The first-order chi connectivity index (χ1) is 5.11. The molecule has 0 aromatic carbocycles. The van der Waals surface area contributed by atoms with Crippen molar-refractivity contribution in [3.8, 4) is 0 Å². The molecule has 0 radical (unpaired) electrons. The van der Waals surface area contributed by atoms with Crippen molar-refractivity contribution in [1.82, 2.24) is 0 Å². The monoisotopic (exact) mass is 177 g/mol. The molecular formula is C7H15NO2S. The molecule has 0 saturated heterocycles. The summed E-state index contributed by atoms with van der Waals surface area (Å²) in [7, 11) is 0. The van der Waals surface area contributed by atoms with Gasteiger partial charge in [0.15, 0.2) is 0 Å². The number of rotatable bonds is 3. The summed E-state index contributed by atoms with van der Waals surface area (Å²) < 4.78 is 4.95. The molecule has 3 nitrogen and oxygen atoms in total. The number of hydrogen-bond acceptors (Lipinski definition) is 4. The van der Waals surface area contributed by atoms with Crippen LogP contribution in [0.3, 0.4) is 0 Å². The molecule has 0 aliphatic carbocycles. The number of carbonyl (C=O) groups excluding carboxylic acids is 1. The van der Waals surface area contributed by atoms with E-state index in [0.717, 1.165) is 6.42 Å². The van der Waals surface area contributed by atoms with E-state index in [1.807, 2.05) is 13.8 Å². The van der Waals surface area contributed by atoms with Crippen LogP contribution in [0.5, 0.6) is 0 Å². The predicted molar refractivity (Wildman–Crippen MR) is 47.2 cm³/mol. The summed E-state index contributed by atoms with van der Waals surface area (Å²) in [6.45, 7) is 5.98. The van der Waals surface area contributed by atoms with Crippen LogP contribution in [0.15, 0.2) is 0 Å². The van der Waals surface area contributed by atoms with Gasteiger partial charge in [0.2, 0.25) is 0 Å². The summed E-state index contributed by atoms with van der Waals surface area (Å²) in [5, 5.41) is 4.60. The molecule has 2 N–H and O–H groups in total. The number of ether oxygens (including phenoxy) is 1. The summed E-state index contributed by atoms with van der Waals surface area (Å²) in [5.41, 5.74) is 0. The summed E-state index contributed by atoms with van der Waals surface area (Å²) >= 11 is 0.620. The van der Waals surface area contributed by atoms with Gasteiger partial charge >= 0.3 is 5.30 Å². The molecule has 0 aromatic rings. The third-order valence-electron chi connectivity index (χ3n) is 1.82. The second kappa shape index (κ2) is 5.43. The van der Waals surface area contributed by atoms with Gasteiger partial charge in [-0.05, 0) is 12.8 Å². The molecule has 0 fully saturated rings. The largest absolute Gasteiger partial charge is 0.453 e. The maximum atomic E-state index is 10.7. The van der Waals surface area contributed by atoms with E-state index >= 15 is 0 Å². The van der Waals surface area contributed by atoms with Crippen molar-refractivity contribution in [2.45, 2.75) is 33.3 Å². The van der Waals surface area contributed by atoms with Crippen molar-refractivity contribution in [3.05, 3.63) is 0 Å². The van der Waals surface area contributed by atoms with E-state index in [2.05, 4.69) is 6.92 Å². The molecule has 0 aromatic heterocycles. The highest BCUT2D eigenvalue weighted by atomic mass is 32.2. The maximum absolute atomic E-state index is 10.7. The lowest BCUT2D eigenvalue weighted by Gasteiger charge is -2.17. The van der Waals surface area contributed by atoms with E-state index in [-0.39, 0.29) is 6.10 Å². The molecule has 2 unspecified atom stereocenters. The predicted octanol–water partition coefficient (Wildman–Crippen LogP) is 2.16. The van der Waals surface area contributed by atoms with E-state index in [4.69, 9.17) is 9.88 Å². The minimum atomic E-state index is -0.405. The number of carbonyl (C=O) groups is 1. The molecule has 0 aliphatic rings. The zero-order chi connectivity index (χ0) is 8.85. The van der Waals surface area contributed by atoms with E-state index in [0.29, 0.717) is 17.9 Å². The maximum Gasteiger partial charge on any atom is 0.382 e. The van der Waals surface area contributed by atoms with E-state index in [1.165, 1.54) is 0 Å². The topological polar surface area (TPSA) is 52.3 Å². The van der Waals surface area contributed by atoms with Gasteiger partial charge < -0.3 is 4.74 Å². The minimum Gasteiger partial charge on any atom is -0.453 e. The first kappa shape index (κ1) is 10.8. The summed E-state index contributed by atoms with van der Waals surface area (Å²) in [6.07, 6.45) is 0.965. The van der Waals surface area contributed by atoms with Crippen LogP contribution in [0.4, 0.5) is 4.79 Å². The Morgan fingerprint density at radius 1 is 1.64 bits per heavy atom.